The van der Waals surface area contributed by atoms with Crippen LogP contribution in [0, 0.1) is 5.92 Å². The van der Waals surface area contributed by atoms with Crippen molar-refractivity contribution in [3.63, 3.8) is 0 Å². The molecule has 0 aliphatic heterocycles. The molecule has 0 saturated heterocycles. The van der Waals surface area contributed by atoms with Gasteiger partial charge in [-0.2, -0.15) is 0 Å². The Balaban J connectivity index is 2.77. The van der Waals surface area contributed by atoms with Crippen molar-refractivity contribution in [2.75, 3.05) is 7.05 Å². The first kappa shape index (κ1) is 11.8. The molecule has 2 heteroatoms. The number of carbonyl (C=O) groups is 1. The van der Waals surface area contributed by atoms with E-state index in [9.17, 15) is 4.79 Å². The lowest BCUT2D eigenvalue weighted by Crippen LogP contribution is -2.32. The first-order chi connectivity index (χ1) is 7.04. The van der Waals surface area contributed by atoms with Crippen molar-refractivity contribution in [3.8, 4) is 0 Å². The summed E-state index contributed by atoms with van der Waals surface area (Å²) in [7, 11) is 1.86. The zero-order valence-corrected chi connectivity index (χ0v) is 9.90. The molecular formula is C13H19NO. The molecule has 82 valence electrons. The second-order valence-electron chi connectivity index (χ2n) is 4.19. The van der Waals surface area contributed by atoms with Crippen molar-refractivity contribution in [1.29, 1.82) is 0 Å². The maximum Gasteiger partial charge on any atom is 0.225 e. The van der Waals surface area contributed by atoms with Crippen LogP contribution in [-0.2, 0) is 4.79 Å². The van der Waals surface area contributed by atoms with Crippen LogP contribution < -0.4 is 0 Å². The zero-order chi connectivity index (χ0) is 11.4. The van der Waals surface area contributed by atoms with Gasteiger partial charge in [0.2, 0.25) is 5.91 Å². The van der Waals surface area contributed by atoms with E-state index in [1.807, 2.05) is 39.1 Å². The maximum absolute atomic E-state index is 11.8. The molecule has 0 spiro atoms. The molecule has 0 N–H and O–H groups in total. The number of rotatable bonds is 3. The average molecular weight is 205 g/mol. The molecule has 15 heavy (non-hydrogen) atoms. The average Bonchev–Trinajstić information content (AvgIpc) is 2.27. The molecule has 0 radical (unpaired) electrons. The van der Waals surface area contributed by atoms with Crippen LogP contribution in [0.25, 0.3) is 0 Å². The molecule has 2 nitrogen and oxygen atoms in total. The van der Waals surface area contributed by atoms with Gasteiger partial charge >= 0.3 is 0 Å². The summed E-state index contributed by atoms with van der Waals surface area (Å²) in [5, 5.41) is 0. The lowest BCUT2D eigenvalue weighted by molar-refractivity contribution is -0.135. The largest absolute Gasteiger partial charge is 0.339 e. The van der Waals surface area contributed by atoms with Crippen LogP contribution in [0.1, 0.15) is 32.4 Å². The van der Waals surface area contributed by atoms with Crippen molar-refractivity contribution in [2.24, 2.45) is 5.92 Å². The second kappa shape index (κ2) is 4.96. The maximum atomic E-state index is 11.8. The second-order valence-corrected chi connectivity index (χ2v) is 4.19. The summed E-state index contributed by atoms with van der Waals surface area (Å²) in [6.07, 6.45) is 0. The van der Waals surface area contributed by atoms with Crippen molar-refractivity contribution in [3.05, 3.63) is 35.9 Å². The Kier molecular flexibility index (Phi) is 3.89. The Morgan fingerprint density at radius 3 is 2.13 bits per heavy atom. The molecule has 1 aromatic rings. The van der Waals surface area contributed by atoms with Gasteiger partial charge in [-0.1, -0.05) is 44.2 Å². The van der Waals surface area contributed by atoms with Gasteiger partial charge in [0.05, 0.1) is 6.04 Å². The molecule has 0 unspecified atom stereocenters. The molecule has 0 aromatic heterocycles. The Labute approximate surface area is 91.9 Å². The van der Waals surface area contributed by atoms with Gasteiger partial charge in [0.1, 0.15) is 0 Å². The fraction of sp³-hybridized carbons (Fsp3) is 0.462. The fourth-order valence-corrected chi connectivity index (χ4v) is 1.55. The molecule has 1 aromatic carbocycles. The van der Waals surface area contributed by atoms with E-state index < -0.39 is 0 Å². The highest BCUT2D eigenvalue weighted by atomic mass is 16.2. The molecule has 0 aliphatic carbocycles. The number of benzene rings is 1. The van der Waals surface area contributed by atoms with Gasteiger partial charge in [0.25, 0.3) is 0 Å². The third-order valence-corrected chi connectivity index (χ3v) is 2.70. The molecule has 1 rings (SSSR count). The summed E-state index contributed by atoms with van der Waals surface area (Å²) in [6, 6.07) is 10.2. The summed E-state index contributed by atoms with van der Waals surface area (Å²) in [6.45, 7) is 5.91. The monoisotopic (exact) mass is 205 g/mol. The summed E-state index contributed by atoms with van der Waals surface area (Å²) >= 11 is 0. The number of carbonyl (C=O) groups excluding carboxylic acids is 1. The van der Waals surface area contributed by atoms with E-state index in [1.54, 1.807) is 4.90 Å². The highest BCUT2D eigenvalue weighted by Gasteiger charge is 2.19. The van der Waals surface area contributed by atoms with Gasteiger partial charge in [0, 0.05) is 13.0 Å². The minimum absolute atomic E-state index is 0.0566. The van der Waals surface area contributed by atoms with E-state index in [4.69, 9.17) is 0 Å². The third-order valence-electron chi connectivity index (χ3n) is 2.70. The Bertz CT molecular complexity index is 319. The van der Waals surface area contributed by atoms with Crippen molar-refractivity contribution < 1.29 is 4.79 Å². The summed E-state index contributed by atoms with van der Waals surface area (Å²) < 4.78 is 0. The highest BCUT2D eigenvalue weighted by molar-refractivity contribution is 5.78. The Morgan fingerprint density at radius 2 is 1.67 bits per heavy atom. The fourth-order valence-electron chi connectivity index (χ4n) is 1.55. The number of amides is 1. The standard InChI is InChI=1S/C13H19NO/c1-10(2)13(15)14(4)11(3)12-8-6-5-7-9-12/h5-11H,1-4H3/t11-/m0/s1. The first-order valence-corrected chi connectivity index (χ1v) is 5.35. The molecule has 1 amide bonds. The normalized spacial score (nSPS) is 12.6. The summed E-state index contributed by atoms with van der Waals surface area (Å²) in [5.41, 5.74) is 1.18. The number of hydrogen-bond acceptors (Lipinski definition) is 1. The quantitative estimate of drug-likeness (QED) is 0.743. The van der Waals surface area contributed by atoms with Gasteiger partial charge in [-0.15, -0.1) is 0 Å². The van der Waals surface area contributed by atoms with Crippen LogP contribution in [0.15, 0.2) is 30.3 Å². The minimum atomic E-state index is 0.0566. The summed E-state index contributed by atoms with van der Waals surface area (Å²) in [5.74, 6) is 0.243. The first-order valence-electron chi connectivity index (χ1n) is 5.35. The third kappa shape index (κ3) is 2.82. The van der Waals surface area contributed by atoms with Crippen molar-refractivity contribution in [2.45, 2.75) is 26.8 Å². The lowest BCUT2D eigenvalue weighted by atomic mass is 10.1. The SMILES string of the molecule is CC(C)C(=O)N(C)[C@@H](C)c1ccccc1. The van der Waals surface area contributed by atoms with E-state index in [-0.39, 0.29) is 17.9 Å². The zero-order valence-electron chi connectivity index (χ0n) is 9.90. The molecule has 0 fully saturated rings. The molecule has 0 heterocycles. The number of nitrogens with zero attached hydrogens (tertiary/aromatic N) is 1. The topological polar surface area (TPSA) is 20.3 Å². The molecule has 0 bridgehead atoms. The van der Waals surface area contributed by atoms with Crippen LogP contribution in [0.2, 0.25) is 0 Å². The molecule has 0 saturated carbocycles. The van der Waals surface area contributed by atoms with E-state index in [2.05, 4.69) is 19.1 Å². The highest BCUT2D eigenvalue weighted by Crippen LogP contribution is 2.19. The van der Waals surface area contributed by atoms with Crippen LogP contribution >= 0.6 is 0 Å². The van der Waals surface area contributed by atoms with E-state index in [0.717, 1.165) is 0 Å². The van der Waals surface area contributed by atoms with Gasteiger partial charge in [0.15, 0.2) is 0 Å². The Hall–Kier alpha value is -1.31. The van der Waals surface area contributed by atoms with Gasteiger partial charge in [-0.3, -0.25) is 4.79 Å². The van der Waals surface area contributed by atoms with E-state index in [0.29, 0.717) is 0 Å². The smallest absolute Gasteiger partial charge is 0.225 e. The predicted octanol–water partition coefficient (Wildman–Crippen LogP) is 2.86. The molecule has 0 aliphatic rings. The van der Waals surface area contributed by atoms with E-state index >= 15 is 0 Å². The van der Waals surface area contributed by atoms with Crippen LogP contribution in [0.5, 0.6) is 0 Å². The van der Waals surface area contributed by atoms with Crippen LogP contribution in [0.4, 0.5) is 0 Å². The minimum Gasteiger partial charge on any atom is -0.339 e. The number of hydrogen-bond donors (Lipinski definition) is 0. The van der Waals surface area contributed by atoms with Gasteiger partial charge < -0.3 is 4.90 Å². The van der Waals surface area contributed by atoms with Crippen molar-refractivity contribution in [1.82, 2.24) is 4.90 Å². The van der Waals surface area contributed by atoms with Gasteiger partial charge in [-0.05, 0) is 12.5 Å². The van der Waals surface area contributed by atoms with Crippen LogP contribution in [-0.4, -0.2) is 17.9 Å². The predicted molar refractivity (Wildman–Crippen MR) is 62.5 cm³/mol. The van der Waals surface area contributed by atoms with Crippen LogP contribution in [0.3, 0.4) is 0 Å². The summed E-state index contributed by atoms with van der Waals surface area (Å²) in [4.78, 5) is 13.6. The molecular weight excluding hydrogens is 186 g/mol. The lowest BCUT2D eigenvalue weighted by Gasteiger charge is -2.26. The van der Waals surface area contributed by atoms with E-state index in [1.165, 1.54) is 5.56 Å². The molecule has 1 atom stereocenters. The van der Waals surface area contributed by atoms with Crippen molar-refractivity contribution >= 4 is 5.91 Å². The van der Waals surface area contributed by atoms with Gasteiger partial charge in [-0.25, -0.2) is 0 Å². The Morgan fingerprint density at radius 1 is 1.13 bits per heavy atom.